The molecule has 4 aromatic rings. The molecule has 0 bridgehead atoms. The lowest BCUT2D eigenvalue weighted by atomic mass is 10.1. The van der Waals surface area contributed by atoms with Gasteiger partial charge in [-0.1, -0.05) is 72.3 Å². The molecular formula is C26H25N3O. The fourth-order valence-corrected chi connectivity index (χ4v) is 3.46. The molecule has 1 N–H and O–H groups in total. The first kappa shape index (κ1) is 19.6. The van der Waals surface area contributed by atoms with Crippen molar-refractivity contribution < 1.29 is 4.79 Å². The molecule has 4 rings (SSSR count). The molecule has 0 saturated heterocycles. The molecule has 0 unspecified atom stereocenters. The molecule has 0 aliphatic carbocycles. The minimum absolute atomic E-state index is 0.0972. The summed E-state index contributed by atoms with van der Waals surface area (Å²) >= 11 is 0. The van der Waals surface area contributed by atoms with E-state index in [0.29, 0.717) is 13.0 Å². The fourth-order valence-electron chi connectivity index (χ4n) is 3.46. The van der Waals surface area contributed by atoms with Crippen molar-refractivity contribution in [3.63, 3.8) is 0 Å². The summed E-state index contributed by atoms with van der Waals surface area (Å²) in [5.74, 6) is 0.879. The first-order chi connectivity index (χ1) is 14.7. The average molecular weight is 396 g/mol. The Kier molecular flexibility index (Phi) is 6.04. The number of carbonyl (C=O) groups excluding carboxylic acids is 1. The highest BCUT2D eigenvalue weighted by molar-refractivity contribution is 5.91. The molecule has 0 aliphatic rings. The zero-order chi connectivity index (χ0) is 20.8. The molecule has 1 amide bonds. The molecule has 4 heteroatoms. The molecule has 0 saturated carbocycles. The number of hydrogen-bond donors (Lipinski definition) is 1. The van der Waals surface area contributed by atoms with Gasteiger partial charge in [0.1, 0.15) is 5.82 Å². The lowest BCUT2D eigenvalue weighted by molar-refractivity contribution is -0.116. The monoisotopic (exact) mass is 395 g/mol. The first-order valence-electron chi connectivity index (χ1n) is 10.2. The number of aromatic nitrogens is 2. The van der Waals surface area contributed by atoms with Gasteiger partial charge in [-0.25, -0.2) is 4.98 Å². The molecule has 150 valence electrons. The number of amides is 1. The summed E-state index contributed by atoms with van der Waals surface area (Å²) in [4.78, 5) is 17.0. The van der Waals surface area contributed by atoms with E-state index in [4.69, 9.17) is 4.98 Å². The maximum Gasteiger partial charge on any atom is 0.244 e. The maximum absolute atomic E-state index is 12.2. The van der Waals surface area contributed by atoms with E-state index in [9.17, 15) is 4.79 Å². The van der Waals surface area contributed by atoms with E-state index in [2.05, 4.69) is 47.1 Å². The number of benzene rings is 3. The summed E-state index contributed by atoms with van der Waals surface area (Å²) < 4.78 is 2.24. The average Bonchev–Trinajstić information content (AvgIpc) is 3.12. The molecule has 30 heavy (non-hydrogen) atoms. The van der Waals surface area contributed by atoms with Crippen molar-refractivity contribution in [2.24, 2.45) is 0 Å². The number of fused-ring (bicyclic) bond motifs is 1. The Bertz CT molecular complexity index is 1160. The number of nitrogens with zero attached hydrogens (tertiary/aromatic N) is 2. The molecule has 0 fully saturated rings. The second-order valence-corrected chi connectivity index (χ2v) is 7.37. The topological polar surface area (TPSA) is 46.9 Å². The number of carbonyl (C=O) groups is 1. The first-order valence-corrected chi connectivity index (χ1v) is 10.2. The van der Waals surface area contributed by atoms with E-state index >= 15 is 0 Å². The van der Waals surface area contributed by atoms with Gasteiger partial charge in [0.2, 0.25) is 5.91 Å². The van der Waals surface area contributed by atoms with E-state index in [1.54, 1.807) is 6.08 Å². The third-order valence-electron chi connectivity index (χ3n) is 5.07. The van der Waals surface area contributed by atoms with Gasteiger partial charge in [-0.2, -0.15) is 0 Å². The molecule has 0 aliphatic heterocycles. The lowest BCUT2D eigenvalue weighted by Crippen LogP contribution is -2.24. The Morgan fingerprint density at radius 3 is 2.50 bits per heavy atom. The minimum atomic E-state index is -0.0972. The number of nitrogens with one attached hydrogen (secondary N) is 1. The van der Waals surface area contributed by atoms with Crippen LogP contribution in [-0.4, -0.2) is 22.0 Å². The van der Waals surface area contributed by atoms with Gasteiger partial charge in [-0.15, -0.1) is 0 Å². The Labute approximate surface area is 176 Å². The predicted molar refractivity (Wildman–Crippen MR) is 122 cm³/mol. The van der Waals surface area contributed by atoms with Crippen molar-refractivity contribution in [3.8, 4) is 0 Å². The summed E-state index contributed by atoms with van der Waals surface area (Å²) in [6.07, 6.45) is 4.07. The molecule has 0 radical (unpaired) electrons. The van der Waals surface area contributed by atoms with Crippen molar-refractivity contribution in [2.45, 2.75) is 19.9 Å². The number of hydrogen-bond acceptors (Lipinski definition) is 2. The van der Waals surface area contributed by atoms with Crippen LogP contribution in [0.3, 0.4) is 0 Å². The highest BCUT2D eigenvalue weighted by Gasteiger charge is 2.11. The molecule has 0 atom stereocenters. The van der Waals surface area contributed by atoms with Crippen LogP contribution in [0.5, 0.6) is 0 Å². The van der Waals surface area contributed by atoms with Crippen LogP contribution in [0.4, 0.5) is 0 Å². The maximum atomic E-state index is 12.2. The highest BCUT2D eigenvalue weighted by Crippen LogP contribution is 2.18. The van der Waals surface area contributed by atoms with Gasteiger partial charge >= 0.3 is 0 Å². The van der Waals surface area contributed by atoms with E-state index < -0.39 is 0 Å². The van der Waals surface area contributed by atoms with Crippen molar-refractivity contribution in [3.05, 3.63) is 107 Å². The van der Waals surface area contributed by atoms with Crippen LogP contribution in [0.25, 0.3) is 17.1 Å². The van der Waals surface area contributed by atoms with Gasteiger partial charge in [0, 0.05) is 25.6 Å². The van der Waals surface area contributed by atoms with Crippen molar-refractivity contribution in [1.82, 2.24) is 14.9 Å². The molecule has 0 spiro atoms. The van der Waals surface area contributed by atoms with Crippen molar-refractivity contribution in [1.29, 1.82) is 0 Å². The Hall–Kier alpha value is -3.66. The summed E-state index contributed by atoms with van der Waals surface area (Å²) in [6.45, 7) is 3.39. The number of para-hydroxylation sites is 2. The van der Waals surface area contributed by atoms with E-state index in [0.717, 1.165) is 29.0 Å². The zero-order valence-electron chi connectivity index (χ0n) is 17.1. The smallest absolute Gasteiger partial charge is 0.244 e. The lowest BCUT2D eigenvalue weighted by Gasteiger charge is -2.10. The van der Waals surface area contributed by atoms with Gasteiger partial charge < -0.3 is 9.88 Å². The van der Waals surface area contributed by atoms with E-state index in [1.807, 2.05) is 54.6 Å². The zero-order valence-corrected chi connectivity index (χ0v) is 17.1. The summed E-state index contributed by atoms with van der Waals surface area (Å²) in [7, 11) is 0. The van der Waals surface area contributed by atoms with Gasteiger partial charge in [-0.05, 0) is 36.3 Å². The third kappa shape index (κ3) is 4.84. The predicted octanol–water partition coefficient (Wildman–Crippen LogP) is 4.77. The van der Waals surface area contributed by atoms with Crippen LogP contribution in [-0.2, 0) is 17.8 Å². The van der Waals surface area contributed by atoms with Crippen LogP contribution < -0.4 is 5.32 Å². The van der Waals surface area contributed by atoms with Crippen LogP contribution >= 0.6 is 0 Å². The molecule has 3 aromatic carbocycles. The highest BCUT2D eigenvalue weighted by atomic mass is 16.1. The largest absolute Gasteiger partial charge is 0.352 e. The van der Waals surface area contributed by atoms with Gasteiger partial charge in [0.15, 0.2) is 0 Å². The summed E-state index contributed by atoms with van der Waals surface area (Å²) in [5, 5.41) is 2.97. The quantitative estimate of drug-likeness (QED) is 0.459. The van der Waals surface area contributed by atoms with Gasteiger partial charge in [0.25, 0.3) is 0 Å². The molecule has 1 heterocycles. The number of aryl methyl sites for hydroxylation is 1. The fraction of sp³-hybridized carbons (Fsp3) is 0.154. The van der Waals surface area contributed by atoms with Gasteiger partial charge in [-0.3, -0.25) is 4.79 Å². The second-order valence-electron chi connectivity index (χ2n) is 7.37. The van der Waals surface area contributed by atoms with E-state index in [-0.39, 0.29) is 5.91 Å². The number of imidazole rings is 1. The van der Waals surface area contributed by atoms with E-state index in [1.165, 1.54) is 11.1 Å². The Morgan fingerprint density at radius 1 is 0.967 bits per heavy atom. The third-order valence-corrected chi connectivity index (χ3v) is 5.07. The summed E-state index contributed by atoms with van der Waals surface area (Å²) in [5.41, 5.74) is 5.59. The number of rotatable bonds is 7. The second kappa shape index (κ2) is 9.23. The normalized spacial score (nSPS) is 11.2. The minimum Gasteiger partial charge on any atom is -0.352 e. The standard InChI is InChI=1S/C26H25N3O/c1-20-11-13-22(14-12-20)19-29-24-10-6-5-9-23(24)28-25(29)17-18-27-26(30)16-15-21-7-3-2-4-8-21/h2-16H,17-19H2,1H3,(H,27,30)/b16-15+. The summed E-state index contributed by atoms with van der Waals surface area (Å²) in [6, 6.07) is 26.6. The van der Waals surface area contributed by atoms with Crippen molar-refractivity contribution in [2.75, 3.05) is 6.54 Å². The van der Waals surface area contributed by atoms with Crippen molar-refractivity contribution >= 4 is 23.0 Å². The van der Waals surface area contributed by atoms with Gasteiger partial charge in [0.05, 0.1) is 11.0 Å². The Balaban J connectivity index is 1.45. The molecular weight excluding hydrogens is 370 g/mol. The van der Waals surface area contributed by atoms with Crippen LogP contribution in [0, 0.1) is 6.92 Å². The van der Waals surface area contributed by atoms with Crippen LogP contribution in [0.1, 0.15) is 22.5 Å². The molecule has 1 aromatic heterocycles. The van der Waals surface area contributed by atoms with Crippen LogP contribution in [0.2, 0.25) is 0 Å². The Morgan fingerprint density at radius 2 is 1.70 bits per heavy atom. The molecule has 4 nitrogen and oxygen atoms in total. The SMILES string of the molecule is Cc1ccc(Cn2c(CCNC(=O)/C=C/c3ccccc3)nc3ccccc32)cc1. The van der Waals surface area contributed by atoms with Crippen LogP contribution in [0.15, 0.2) is 84.9 Å².